The van der Waals surface area contributed by atoms with E-state index in [1.807, 2.05) is 0 Å². The second-order valence-electron chi connectivity index (χ2n) is 3.59. The Morgan fingerprint density at radius 3 is 2.56 bits per heavy atom. The summed E-state index contributed by atoms with van der Waals surface area (Å²) >= 11 is 0. The van der Waals surface area contributed by atoms with E-state index in [4.69, 9.17) is 5.11 Å². The molecule has 1 N–H and O–H groups in total. The van der Waals surface area contributed by atoms with Crippen molar-refractivity contribution in [3.05, 3.63) is 35.4 Å². The van der Waals surface area contributed by atoms with Crippen molar-refractivity contribution in [2.45, 2.75) is 13.3 Å². The number of hydrogen-bond acceptors (Lipinski definition) is 3. The molecule has 4 heteroatoms. The molecule has 0 aliphatic carbocycles. The van der Waals surface area contributed by atoms with Gasteiger partial charge in [0.25, 0.3) is 0 Å². The molecule has 0 aliphatic rings. The van der Waals surface area contributed by atoms with Gasteiger partial charge in [-0.05, 0) is 18.1 Å². The first kappa shape index (κ1) is 12.2. The first-order valence-electron chi connectivity index (χ1n) is 4.95. The van der Waals surface area contributed by atoms with Gasteiger partial charge in [0.05, 0.1) is 18.6 Å². The molecule has 0 bridgehead atoms. The number of ether oxygens (including phenoxy) is 1. The molecule has 1 rings (SSSR count). The van der Waals surface area contributed by atoms with Crippen LogP contribution in [0.2, 0.25) is 0 Å². The molecule has 0 saturated heterocycles. The largest absolute Gasteiger partial charge is 0.481 e. The summed E-state index contributed by atoms with van der Waals surface area (Å²) in [5.41, 5.74) is 1.13. The van der Waals surface area contributed by atoms with E-state index < -0.39 is 17.9 Å². The molecular weight excluding hydrogens is 208 g/mol. The van der Waals surface area contributed by atoms with Crippen LogP contribution in [0.4, 0.5) is 0 Å². The van der Waals surface area contributed by atoms with Gasteiger partial charge in [0.15, 0.2) is 0 Å². The lowest BCUT2D eigenvalue weighted by Crippen LogP contribution is -2.15. The van der Waals surface area contributed by atoms with Crippen LogP contribution >= 0.6 is 0 Å². The highest BCUT2D eigenvalue weighted by Gasteiger charge is 2.16. The molecule has 1 aromatic carbocycles. The zero-order valence-electron chi connectivity index (χ0n) is 9.27. The van der Waals surface area contributed by atoms with Crippen LogP contribution in [-0.2, 0) is 16.0 Å². The summed E-state index contributed by atoms with van der Waals surface area (Å²) in [7, 11) is 1.31. The number of methoxy groups -OCH3 is 1. The maximum Gasteiger partial charge on any atom is 0.338 e. The van der Waals surface area contributed by atoms with E-state index in [0.717, 1.165) is 0 Å². The summed E-state index contributed by atoms with van der Waals surface area (Å²) in [5, 5.41) is 8.81. The maximum absolute atomic E-state index is 11.4. The average Bonchev–Trinajstić information content (AvgIpc) is 2.28. The summed E-state index contributed by atoms with van der Waals surface area (Å²) in [6, 6.07) is 6.87. The summed E-state index contributed by atoms with van der Waals surface area (Å²) in [6.45, 7) is 1.61. The van der Waals surface area contributed by atoms with Gasteiger partial charge in [-0.2, -0.15) is 0 Å². The molecule has 1 unspecified atom stereocenters. The SMILES string of the molecule is COC(=O)c1ccccc1CC(C)C(=O)O. The molecule has 0 amide bonds. The fourth-order valence-electron chi connectivity index (χ4n) is 1.42. The summed E-state index contributed by atoms with van der Waals surface area (Å²) < 4.78 is 4.63. The standard InChI is InChI=1S/C12H14O4/c1-8(11(13)14)7-9-5-3-4-6-10(9)12(15)16-2/h3-6,8H,7H2,1-2H3,(H,13,14). The van der Waals surface area contributed by atoms with Crippen molar-refractivity contribution in [2.75, 3.05) is 7.11 Å². The number of hydrogen-bond donors (Lipinski definition) is 1. The molecule has 16 heavy (non-hydrogen) atoms. The van der Waals surface area contributed by atoms with Gasteiger partial charge < -0.3 is 9.84 Å². The van der Waals surface area contributed by atoms with E-state index in [2.05, 4.69) is 4.74 Å². The number of aliphatic carboxylic acids is 1. The van der Waals surface area contributed by atoms with Crippen molar-refractivity contribution in [1.82, 2.24) is 0 Å². The minimum absolute atomic E-state index is 0.320. The molecule has 1 aromatic rings. The van der Waals surface area contributed by atoms with Crippen LogP contribution in [0.1, 0.15) is 22.8 Å². The predicted molar refractivity (Wildman–Crippen MR) is 58.3 cm³/mol. The van der Waals surface area contributed by atoms with Crippen LogP contribution in [0.5, 0.6) is 0 Å². The van der Waals surface area contributed by atoms with Crippen LogP contribution < -0.4 is 0 Å². The van der Waals surface area contributed by atoms with E-state index in [9.17, 15) is 9.59 Å². The van der Waals surface area contributed by atoms with E-state index >= 15 is 0 Å². The van der Waals surface area contributed by atoms with Gasteiger partial charge in [-0.1, -0.05) is 25.1 Å². The number of rotatable bonds is 4. The Bertz CT molecular complexity index is 398. The number of carboxylic acids is 1. The van der Waals surface area contributed by atoms with Gasteiger partial charge in [0.2, 0.25) is 0 Å². The maximum atomic E-state index is 11.4. The zero-order chi connectivity index (χ0) is 12.1. The zero-order valence-corrected chi connectivity index (χ0v) is 9.27. The Hall–Kier alpha value is -1.84. The topological polar surface area (TPSA) is 63.6 Å². The highest BCUT2D eigenvalue weighted by molar-refractivity contribution is 5.91. The molecule has 1 atom stereocenters. The van der Waals surface area contributed by atoms with E-state index in [0.29, 0.717) is 17.5 Å². The Labute approximate surface area is 93.9 Å². The second-order valence-corrected chi connectivity index (χ2v) is 3.59. The van der Waals surface area contributed by atoms with E-state index in [1.54, 1.807) is 31.2 Å². The van der Waals surface area contributed by atoms with Crippen molar-refractivity contribution in [3.63, 3.8) is 0 Å². The fourth-order valence-corrected chi connectivity index (χ4v) is 1.42. The second kappa shape index (κ2) is 5.30. The van der Waals surface area contributed by atoms with Crippen molar-refractivity contribution in [1.29, 1.82) is 0 Å². The number of esters is 1. The molecule has 86 valence electrons. The lowest BCUT2D eigenvalue weighted by molar-refractivity contribution is -0.141. The number of carbonyl (C=O) groups is 2. The Morgan fingerprint density at radius 1 is 1.38 bits per heavy atom. The van der Waals surface area contributed by atoms with Gasteiger partial charge in [0, 0.05) is 0 Å². The van der Waals surface area contributed by atoms with Crippen molar-refractivity contribution < 1.29 is 19.4 Å². The van der Waals surface area contributed by atoms with Gasteiger partial charge in [-0.3, -0.25) is 4.79 Å². The van der Waals surface area contributed by atoms with Crippen molar-refractivity contribution >= 4 is 11.9 Å². The highest BCUT2D eigenvalue weighted by Crippen LogP contribution is 2.15. The molecule has 0 radical (unpaired) electrons. The number of carbonyl (C=O) groups excluding carboxylic acids is 1. The van der Waals surface area contributed by atoms with Gasteiger partial charge in [-0.15, -0.1) is 0 Å². The Balaban J connectivity index is 2.95. The lowest BCUT2D eigenvalue weighted by Gasteiger charge is -2.10. The molecule has 0 aromatic heterocycles. The molecule has 0 spiro atoms. The minimum atomic E-state index is -0.875. The molecule has 0 fully saturated rings. The lowest BCUT2D eigenvalue weighted by atomic mass is 9.97. The predicted octanol–water partition coefficient (Wildman–Crippen LogP) is 1.74. The first-order chi connectivity index (χ1) is 7.56. The third-order valence-electron chi connectivity index (χ3n) is 2.37. The van der Waals surface area contributed by atoms with E-state index in [-0.39, 0.29) is 0 Å². The van der Waals surface area contributed by atoms with Crippen LogP contribution in [0, 0.1) is 5.92 Å². The molecule has 0 heterocycles. The highest BCUT2D eigenvalue weighted by atomic mass is 16.5. The molecular formula is C12H14O4. The van der Waals surface area contributed by atoms with E-state index in [1.165, 1.54) is 7.11 Å². The Kier molecular flexibility index (Phi) is 4.05. The average molecular weight is 222 g/mol. The van der Waals surface area contributed by atoms with Gasteiger partial charge >= 0.3 is 11.9 Å². The quantitative estimate of drug-likeness (QED) is 0.788. The number of carboxylic acid groups (broad SMARTS) is 1. The van der Waals surface area contributed by atoms with Crippen LogP contribution in [0.25, 0.3) is 0 Å². The Morgan fingerprint density at radius 2 is 2.00 bits per heavy atom. The monoisotopic (exact) mass is 222 g/mol. The fraction of sp³-hybridized carbons (Fsp3) is 0.333. The summed E-state index contributed by atoms with van der Waals surface area (Å²) in [5.74, 6) is -1.83. The van der Waals surface area contributed by atoms with Crippen LogP contribution in [0.15, 0.2) is 24.3 Å². The van der Waals surface area contributed by atoms with Crippen molar-refractivity contribution in [2.24, 2.45) is 5.92 Å². The third-order valence-corrected chi connectivity index (χ3v) is 2.37. The summed E-state index contributed by atoms with van der Waals surface area (Å²) in [4.78, 5) is 22.2. The summed E-state index contributed by atoms with van der Waals surface area (Å²) in [6.07, 6.45) is 0.320. The molecule has 0 aliphatic heterocycles. The first-order valence-corrected chi connectivity index (χ1v) is 4.95. The van der Waals surface area contributed by atoms with Gasteiger partial charge in [-0.25, -0.2) is 4.79 Å². The van der Waals surface area contributed by atoms with Crippen LogP contribution in [-0.4, -0.2) is 24.2 Å². The van der Waals surface area contributed by atoms with Crippen LogP contribution in [0.3, 0.4) is 0 Å². The normalized spacial score (nSPS) is 11.9. The van der Waals surface area contributed by atoms with Gasteiger partial charge in [0.1, 0.15) is 0 Å². The molecule has 4 nitrogen and oxygen atoms in total. The number of benzene rings is 1. The van der Waals surface area contributed by atoms with Crippen molar-refractivity contribution in [3.8, 4) is 0 Å². The third kappa shape index (κ3) is 2.82. The minimum Gasteiger partial charge on any atom is -0.481 e. The smallest absolute Gasteiger partial charge is 0.338 e. The molecule has 0 saturated carbocycles.